The fourth-order valence-corrected chi connectivity index (χ4v) is 2.84. The number of halogens is 3. The van der Waals surface area contributed by atoms with Crippen molar-refractivity contribution in [1.29, 1.82) is 0 Å². The molecular weight excluding hydrogens is 447 g/mol. The summed E-state index contributed by atoms with van der Waals surface area (Å²) in [6.07, 6.45) is -3.11. The number of hydrogen-bond acceptors (Lipinski definition) is 10. The van der Waals surface area contributed by atoms with Crippen LogP contribution in [0, 0.1) is 11.8 Å². The lowest BCUT2D eigenvalue weighted by atomic mass is 10.2. The van der Waals surface area contributed by atoms with Crippen LogP contribution in [0.1, 0.15) is 25.5 Å². The predicted molar refractivity (Wildman–Crippen MR) is 109 cm³/mol. The van der Waals surface area contributed by atoms with Crippen molar-refractivity contribution < 1.29 is 32.1 Å². The van der Waals surface area contributed by atoms with Gasteiger partial charge in [-0.1, -0.05) is 5.92 Å². The Morgan fingerprint density at radius 3 is 2.73 bits per heavy atom. The zero-order valence-electron chi connectivity index (χ0n) is 17.5. The van der Waals surface area contributed by atoms with Gasteiger partial charge in [0.15, 0.2) is 23.1 Å². The molecule has 3 aromatic rings. The van der Waals surface area contributed by atoms with E-state index < -0.39 is 18.8 Å². The van der Waals surface area contributed by atoms with E-state index in [9.17, 15) is 18.0 Å². The van der Waals surface area contributed by atoms with Gasteiger partial charge in [0.05, 0.1) is 12.8 Å². The highest BCUT2D eigenvalue weighted by molar-refractivity contribution is 5.89. The van der Waals surface area contributed by atoms with Gasteiger partial charge in [0, 0.05) is 13.0 Å². The second kappa shape index (κ2) is 10.2. The number of nitrogens with two attached hydrogens (primary N) is 2. The maximum Gasteiger partial charge on any atom is 0.490 e. The van der Waals surface area contributed by atoms with Gasteiger partial charge in [0.2, 0.25) is 0 Å². The summed E-state index contributed by atoms with van der Waals surface area (Å²) in [7, 11) is 0. The van der Waals surface area contributed by atoms with E-state index in [2.05, 4.69) is 41.5 Å². The highest BCUT2D eigenvalue weighted by Gasteiger charge is 2.40. The standard InChI is InChI=1S/C19H20F3N7O4/c1-2-29-15-12(31-9-5-7-23)10-25-11(6-3-4-8-32-18(30)19(20,21)22)13(15)26-17(29)14-16(24)28-33-27-14/h10H,2,4-5,7-9,23H2,1H3,(H2,24,28). The van der Waals surface area contributed by atoms with Crippen molar-refractivity contribution in [1.82, 2.24) is 24.8 Å². The third-order valence-electron chi connectivity index (χ3n) is 4.28. The van der Waals surface area contributed by atoms with Crippen LogP contribution in [0.5, 0.6) is 5.75 Å². The largest absolute Gasteiger partial charge is 0.490 e. The Bertz CT molecular complexity index is 1190. The number of nitrogens with zero attached hydrogens (tertiary/aromatic N) is 5. The van der Waals surface area contributed by atoms with Crippen LogP contribution in [0.4, 0.5) is 19.0 Å². The topological polar surface area (TPSA) is 157 Å². The molecule has 4 N–H and O–H groups in total. The Kier molecular flexibility index (Phi) is 7.34. The number of carbonyl (C=O) groups excluding carboxylic acids is 1. The minimum Gasteiger partial charge on any atom is -0.490 e. The van der Waals surface area contributed by atoms with E-state index >= 15 is 0 Å². The molecule has 176 valence electrons. The third kappa shape index (κ3) is 5.32. The highest BCUT2D eigenvalue weighted by atomic mass is 19.4. The summed E-state index contributed by atoms with van der Waals surface area (Å²) < 4.78 is 53.0. The van der Waals surface area contributed by atoms with Gasteiger partial charge in [-0.3, -0.25) is 0 Å². The van der Waals surface area contributed by atoms with E-state index in [4.69, 9.17) is 16.2 Å². The van der Waals surface area contributed by atoms with E-state index in [0.29, 0.717) is 48.7 Å². The van der Waals surface area contributed by atoms with Crippen LogP contribution in [-0.4, -0.2) is 56.8 Å². The molecular formula is C19H20F3N7O4. The summed E-state index contributed by atoms with van der Waals surface area (Å²) >= 11 is 0. The van der Waals surface area contributed by atoms with Crippen LogP contribution < -0.4 is 16.2 Å². The van der Waals surface area contributed by atoms with Gasteiger partial charge in [0.25, 0.3) is 0 Å². The minimum atomic E-state index is -5.05. The number of rotatable bonds is 8. The SMILES string of the molecule is CCn1c(-c2nonc2N)nc2c(C#CCCOC(=O)C(F)(F)F)ncc(OCCCN)c21. The minimum absolute atomic E-state index is 0.0395. The fraction of sp³-hybridized carbons (Fsp3) is 0.421. The summed E-state index contributed by atoms with van der Waals surface area (Å²) in [6, 6.07) is 0. The van der Waals surface area contributed by atoms with Gasteiger partial charge < -0.3 is 25.5 Å². The number of carbonyl (C=O) groups is 1. The lowest BCUT2D eigenvalue weighted by molar-refractivity contribution is -0.199. The van der Waals surface area contributed by atoms with Crippen molar-refractivity contribution in [3.05, 3.63) is 11.9 Å². The van der Waals surface area contributed by atoms with Crippen molar-refractivity contribution in [2.24, 2.45) is 5.73 Å². The number of nitrogen functional groups attached to an aromatic ring is 1. The summed E-state index contributed by atoms with van der Waals surface area (Å²) in [4.78, 5) is 19.6. The van der Waals surface area contributed by atoms with E-state index in [1.165, 1.54) is 6.20 Å². The molecule has 14 heteroatoms. The smallest absolute Gasteiger partial charge is 0.490 e. The first-order valence-electron chi connectivity index (χ1n) is 9.81. The molecule has 0 saturated heterocycles. The Morgan fingerprint density at radius 2 is 2.09 bits per heavy atom. The molecule has 0 saturated carbocycles. The Morgan fingerprint density at radius 1 is 1.30 bits per heavy atom. The van der Waals surface area contributed by atoms with Crippen LogP contribution in [0.2, 0.25) is 0 Å². The maximum atomic E-state index is 12.2. The normalized spacial score (nSPS) is 11.3. The summed E-state index contributed by atoms with van der Waals surface area (Å²) in [5.41, 5.74) is 12.7. The van der Waals surface area contributed by atoms with Crippen LogP contribution in [0.25, 0.3) is 22.6 Å². The van der Waals surface area contributed by atoms with E-state index in [0.717, 1.165) is 0 Å². The van der Waals surface area contributed by atoms with Gasteiger partial charge >= 0.3 is 12.1 Å². The van der Waals surface area contributed by atoms with Crippen molar-refractivity contribution >= 4 is 22.8 Å². The zero-order chi connectivity index (χ0) is 24.0. The zero-order valence-corrected chi connectivity index (χ0v) is 17.5. The first-order chi connectivity index (χ1) is 15.8. The number of anilines is 1. The molecule has 0 aromatic carbocycles. The van der Waals surface area contributed by atoms with Gasteiger partial charge in [-0.25, -0.2) is 19.4 Å². The number of hydrogen-bond donors (Lipinski definition) is 2. The fourth-order valence-electron chi connectivity index (χ4n) is 2.84. The van der Waals surface area contributed by atoms with Crippen molar-refractivity contribution in [3.63, 3.8) is 0 Å². The van der Waals surface area contributed by atoms with Crippen LogP contribution in [-0.2, 0) is 16.1 Å². The molecule has 0 aliphatic carbocycles. The average Bonchev–Trinajstić information content (AvgIpc) is 3.37. The second-order valence-electron chi connectivity index (χ2n) is 6.52. The highest BCUT2D eigenvalue weighted by Crippen LogP contribution is 2.33. The Labute approximate surface area is 185 Å². The molecule has 0 aliphatic rings. The molecule has 0 amide bonds. The monoisotopic (exact) mass is 467 g/mol. The Hall–Kier alpha value is -3.86. The average molecular weight is 467 g/mol. The lowest BCUT2D eigenvalue weighted by Gasteiger charge is -2.10. The number of esters is 1. The molecule has 11 nitrogen and oxygen atoms in total. The molecule has 0 spiro atoms. The predicted octanol–water partition coefficient (Wildman–Crippen LogP) is 1.66. The molecule has 33 heavy (non-hydrogen) atoms. The molecule has 0 unspecified atom stereocenters. The molecule has 3 heterocycles. The first kappa shape index (κ1) is 23.8. The third-order valence-corrected chi connectivity index (χ3v) is 4.28. The number of pyridine rings is 1. The Balaban J connectivity index is 1.96. The molecule has 0 fully saturated rings. The second-order valence-corrected chi connectivity index (χ2v) is 6.52. The summed E-state index contributed by atoms with van der Waals surface area (Å²) in [5, 5.41) is 7.37. The van der Waals surface area contributed by atoms with Crippen molar-refractivity contribution in [2.45, 2.75) is 32.5 Å². The van der Waals surface area contributed by atoms with E-state index in [1.807, 2.05) is 6.92 Å². The number of alkyl halides is 3. The van der Waals surface area contributed by atoms with Crippen molar-refractivity contribution in [3.8, 4) is 29.1 Å². The van der Waals surface area contributed by atoms with E-state index in [1.54, 1.807) is 4.57 Å². The number of aryl methyl sites for hydroxylation is 1. The van der Waals surface area contributed by atoms with Crippen LogP contribution >= 0.6 is 0 Å². The van der Waals surface area contributed by atoms with Gasteiger partial charge in [-0.2, -0.15) is 13.2 Å². The molecule has 0 atom stereocenters. The summed E-state index contributed by atoms with van der Waals surface area (Å²) in [5.74, 6) is 3.93. The molecule has 3 aromatic heterocycles. The van der Waals surface area contributed by atoms with E-state index in [-0.39, 0.29) is 23.6 Å². The molecule has 0 aliphatic heterocycles. The number of fused-ring (bicyclic) bond motifs is 1. The lowest BCUT2D eigenvalue weighted by Crippen LogP contribution is -2.25. The molecule has 3 rings (SSSR count). The first-order valence-corrected chi connectivity index (χ1v) is 9.81. The maximum absolute atomic E-state index is 12.2. The van der Waals surface area contributed by atoms with Crippen molar-refractivity contribution in [2.75, 3.05) is 25.5 Å². The number of imidazole rings is 1. The van der Waals surface area contributed by atoms with Gasteiger partial charge in [0.1, 0.15) is 23.3 Å². The number of ether oxygens (including phenoxy) is 2. The summed E-state index contributed by atoms with van der Waals surface area (Å²) in [6.45, 7) is 2.60. The number of aromatic nitrogens is 5. The quantitative estimate of drug-likeness (QED) is 0.284. The molecule has 0 bridgehead atoms. The van der Waals surface area contributed by atoms with Crippen LogP contribution in [0.15, 0.2) is 10.8 Å². The van der Waals surface area contributed by atoms with Gasteiger partial charge in [-0.05, 0) is 36.1 Å². The van der Waals surface area contributed by atoms with Gasteiger partial charge in [-0.15, -0.1) is 0 Å². The molecule has 0 radical (unpaired) electrons. The van der Waals surface area contributed by atoms with Crippen LogP contribution in [0.3, 0.4) is 0 Å².